The SMILES string of the molecule is CCCCNC(=NC)NCc1ccccc1OC1CCC1. The molecule has 0 radical (unpaired) electrons. The van der Waals surface area contributed by atoms with E-state index in [9.17, 15) is 0 Å². The summed E-state index contributed by atoms with van der Waals surface area (Å²) in [4.78, 5) is 4.25. The average molecular weight is 289 g/mol. The van der Waals surface area contributed by atoms with Crippen LogP contribution < -0.4 is 15.4 Å². The van der Waals surface area contributed by atoms with Gasteiger partial charge in [0.1, 0.15) is 5.75 Å². The minimum Gasteiger partial charge on any atom is -0.490 e. The average Bonchev–Trinajstić information content (AvgIpc) is 2.47. The quantitative estimate of drug-likeness (QED) is 0.460. The number of unbranched alkanes of at least 4 members (excludes halogenated alkanes) is 1. The van der Waals surface area contributed by atoms with E-state index < -0.39 is 0 Å². The summed E-state index contributed by atoms with van der Waals surface area (Å²) in [6.07, 6.45) is 6.40. The van der Waals surface area contributed by atoms with Crippen LogP contribution in [-0.2, 0) is 6.54 Å². The number of benzene rings is 1. The van der Waals surface area contributed by atoms with Crippen LogP contribution in [0.15, 0.2) is 29.3 Å². The first-order chi connectivity index (χ1) is 10.3. The van der Waals surface area contributed by atoms with Crippen molar-refractivity contribution in [3.63, 3.8) is 0 Å². The van der Waals surface area contributed by atoms with Gasteiger partial charge in [-0.25, -0.2) is 0 Å². The summed E-state index contributed by atoms with van der Waals surface area (Å²) in [6, 6.07) is 8.26. The molecule has 0 unspecified atom stereocenters. The lowest BCUT2D eigenvalue weighted by Gasteiger charge is -2.27. The van der Waals surface area contributed by atoms with Crippen LogP contribution in [0.2, 0.25) is 0 Å². The number of nitrogens with one attached hydrogen (secondary N) is 2. The molecule has 1 aliphatic rings. The largest absolute Gasteiger partial charge is 0.490 e. The standard InChI is InChI=1S/C17H27N3O/c1-3-4-12-19-17(18-2)20-13-14-8-5-6-11-16(14)21-15-9-7-10-15/h5-6,8,11,15H,3-4,7,9-10,12-13H2,1-2H3,(H2,18,19,20). The predicted molar refractivity (Wildman–Crippen MR) is 87.8 cm³/mol. The Morgan fingerprint density at radius 1 is 1.29 bits per heavy atom. The summed E-state index contributed by atoms with van der Waals surface area (Å²) >= 11 is 0. The van der Waals surface area contributed by atoms with E-state index in [1.807, 2.05) is 6.07 Å². The molecule has 4 heteroatoms. The van der Waals surface area contributed by atoms with Gasteiger partial charge in [0.2, 0.25) is 0 Å². The maximum absolute atomic E-state index is 6.05. The fourth-order valence-corrected chi connectivity index (χ4v) is 2.22. The summed E-state index contributed by atoms with van der Waals surface area (Å²) in [7, 11) is 1.80. The summed E-state index contributed by atoms with van der Waals surface area (Å²) in [5.41, 5.74) is 1.18. The first-order valence-corrected chi connectivity index (χ1v) is 8.02. The van der Waals surface area contributed by atoms with Gasteiger partial charge in [-0.05, 0) is 31.7 Å². The molecule has 1 aliphatic carbocycles. The van der Waals surface area contributed by atoms with E-state index in [-0.39, 0.29) is 0 Å². The van der Waals surface area contributed by atoms with Crippen molar-refractivity contribution in [2.24, 2.45) is 4.99 Å². The molecule has 0 aromatic heterocycles. The van der Waals surface area contributed by atoms with Crippen molar-refractivity contribution >= 4 is 5.96 Å². The molecule has 4 nitrogen and oxygen atoms in total. The Bertz CT molecular complexity index is 455. The Morgan fingerprint density at radius 2 is 2.10 bits per heavy atom. The van der Waals surface area contributed by atoms with Gasteiger partial charge in [0.05, 0.1) is 6.10 Å². The summed E-state index contributed by atoms with van der Waals surface area (Å²) < 4.78 is 6.05. The predicted octanol–water partition coefficient (Wildman–Crippen LogP) is 3.08. The first-order valence-electron chi connectivity index (χ1n) is 8.02. The Hall–Kier alpha value is -1.71. The Morgan fingerprint density at radius 3 is 2.76 bits per heavy atom. The van der Waals surface area contributed by atoms with Crippen LogP contribution >= 0.6 is 0 Å². The third kappa shape index (κ3) is 4.96. The summed E-state index contributed by atoms with van der Waals surface area (Å²) in [5, 5.41) is 6.67. The highest BCUT2D eigenvalue weighted by Crippen LogP contribution is 2.27. The van der Waals surface area contributed by atoms with Crippen molar-refractivity contribution in [2.75, 3.05) is 13.6 Å². The molecule has 0 amide bonds. The number of para-hydroxylation sites is 1. The smallest absolute Gasteiger partial charge is 0.191 e. The van der Waals surface area contributed by atoms with Crippen molar-refractivity contribution in [1.82, 2.24) is 10.6 Å². The number of hydrogen-bond donors (Lipinski definition) is 2. The Kier molecular flexibility index (Phi) is 6.38. The Balaban J connectivity index is 1.86. The van der Waals surface area contributed by atoms with Crippen molar-refractivity contribution in [3.8, 4) is 5.75 Å². The first kappa shape index (κ1) is 15.7. The van der Waals surface area contributed by atoms with Crippen LogP contribution in [0.4, 0.5) is 0 Å². The van der Waals surface area contributed by atoms with Gasteiger partial charge in [-0.15, -0.1) is 0 Å². The molecule has 116 valence electrons. The van der Waals surface area contributed by atoms with Crippen molar-refractivity contribution < 1.29 is 4.74 Å². The molecule has 0 spiro atoms. The third-order valence-corrected chi connectivity index (χ3v) is 3.81. The zero-order valence-electron chi connectivity index (χ0n) is 13.2. The van der Waals surface area contributed by atoms with Crippen LogP contribution in [0, 0.1) is 0 Å². The van der Waals surface area contributed by atoms with Gasteiger partial charge in [-0.2, -0.15) is 0 Å². The molecule has 0 bridgehead atoms. The Labute approximate surface area is 128 Å². The molecular weight excluding hydrogens is 262 g/mol. The number of hydrogen-bond acceptors (Lipinski definition) is 2. The van der Waals surface area contributed by atoms with Crippen molar-refractivity contribution in [2.45, 2.75) is 51.7 Å². The van der Waals surface area contributed by atoms with E-state index >= 15 is 0 Å². The van der Waals surface area contributed by atoms with Crippen LogP contribution in [0.5, 0.6) is 5.75 Å². The maximum atomic E-state index is 6.05. The highest BCUT2D eigenvalue weighted by molar-refractivity contribution is 5.79. The second-order valence-electron chi connectivity index (χ2n) is 5.48. The molecule has 0 atom stereocenters. The van der Waals surface area contributed by atoms with Gasteiger partial charge in [0.25, 0.3) is 0 Å². The molecule has 0 heterocycles. The summed E-state index contributed by atoms with van der Waals surface area (Å²) in [6.45, 7) is 3.87. The molecule has 1 aromatic rings. The molecule has 2 rings (SSSR count). The molecule has 1 fully saturated rings. The van der Waals surface area contributed by atoms with E-state index in [0.717, 1.165) is 31.2 Å². The lowest BCUT2D eigenvalue weighted by atomic mass is 9.96. The van der Waals surface area contributed by atoms with E-state index in [2.05, 4.69) is 40.7 Å². The molecule has 2 N–H and O–H groups in total. The number of aliphatic imine (C=N–C) groups is 1. The van der Waals surface area contributed by atoms with E-state index in [1.165, 1.54) is 31.2 Å². The normalized spacial score (nSPS) is 15.4. The molecule has 0 saturated heterocycles. The van der Waals surface area contributed by atoms with Gasteiger partial charge in [0, 0.05) is 25.7 Å². The van der Waals surface area contributed by atoms with E-state index in [4.69, 9.17) is 4.74 Å². The second-order valence-corrected chi connectivity index (χ2v) is 5.48. The highest BCUT2D eigenvalue weighted by Gasteiger charge is 2.20. The van der Waals surface area contributed by atoms with Crippen LogP contribution in [0.3, 0.4) is 0 Å². The van der Waals surface area contributed by atoms with E-state index in [1.54, 1.807) is 7.05 Å². The van der Waals surface area contributed by atoms with Crippen LogP contribution in [0.1, 0.15) is 44.6 Å². The van der Waals surface area contributed by atoms with Crippen molar-refractivity contribution in [3.05, 3.63) is 29.8 Å². The van der Waals surface area contributed by atoms with Crippen molar-refractivity contribution in [1.29, 1.82) is 0 Å². The van der Waals surface area contributed by atoms with Gasteiger partial charge in [0.15, 0.2) is 5.96 Å². The van der Waals surface area contributed by atoms with Gasteiger partial charge in [-0.1, -0.05) is 31.5 Å². The van der Waals surface area contributed by atoms with Crippen LogP contribution in [-0.4, -0.2) is 25.7 Å². The third-order valence-electron chi connectivity index (χ3n) is 3.81. The van der Waals surface area contributed by atoms with Crippen LogP contribution in [0.25, 0.3) is 0 Å². The highest BCUT2D eigenvalue weighted by atomic mass is 16.5. The van der Waals surface area contributed by atoms with Gasteiger partial charge < -0.3 is 15.4 Å². The minimum atomic E-state index is 0.410. The van der Waals surface area contributed by atoms with Gasteiger partial charge in [-0.3, -0.25) is 4.99 Å². The number of guanidine groups is 1. The topological polar surface area (TPSA) is 45.7 Å². The molecule has 1 saturated carbocycles. The maximum Gasteiger partial charge on any atom is 0.191 e. The number of ether oxygens (including phenoxy) is 1. The second kappa shape index (κ2) is 8.55. The lowest BCUT2D eigenvalue weighted by Crippen LogP contribution is -2.37. The minimum absolute atomic E-state index is 0.410. The van der Waals surface area contributed by atoms with Gasteiger partial charge >= 0.3 is 0 Å². The number of nitrogens with zero attached hydrogens (tertiary/aromatic N) is 1. The molecule has 0 aliphatic heterocycles. The summed E-state index contributed by atoms with van der Waals surface area (Å²) in [5.74, 6) is 1.85. The number of rotatable bonds is 7. The van der Waals surface area contributed by atoms with E-state index in [0.29, 0.717) is 6.10 Å². The monoisotopic (exact) mass is 289 g/mol. The molecule has 21 heavy (non-hydrogen) atoms. The molecular formula is C17H27N3O. The zero-order valence-corrected chi connectivity index (χ0v) is 13.2. The fourth-order valence-electron chi connectivity index (χ4n) is 2.22. The fraction of sp³-hybridized carbons (Fsp3) is 0.588. The molecule has 1 aromatic carbocycles. The lowest BCUT2D eigenvalue weighted by molar-refractivity contribution is 0.119. The zero-order chi connectivity index (χ0) is 14.9.